The minimum atomic E-state index is -3.78. The number of likely N-dealkylation sites (tertiary alicyclic amines) is 1. The number of anilines is 2. The molecule has 2 N–H and O–H groups in total. The van der Waals surface area contributed by atoms with E-state index >= 15 is 0 Å². The lowest BCUT2D eigenvalue weighted by Crippen LogP contribution is -2.36. The third-order valence-electron chi connectivity index (χ3n) is 5.12. The molecule has 0 radical (unpaired) electrons. The largest absolute Gasteiger partial charge is 0.339 e. The standard InChI is InChI=1S/C22H22N4O4S2/c27-20(18-6-2-3-7-19(18)21(28)26-13-4-1-5-14-26)24-16-8-10-17(11-9-16)32(29,30)25-22-23-12-15-31-22/h2-3,6-12,15H,1,4-5,13-14H2,(H,23,25)(H,24,27). The van der Waals surface area contributed by atoms with E-state index in [1.165, 1.54) is 41.8 Å². The van der Waals surface area contributed by atoms with E-state index < -0.39 is 15.9 Å². The lowest BCUT2D eigenvalue weighted by atomic mass is 10.0. The van der Waals surface area contributed by atoms with E-state index in [9.17, 15) is 18.0 Å². The highest BCUT2D eigenvalue weighted by Gasteiger charge is 2.23. The molecule has 3 aromatic rings. The zero-order valence-electron chi connectivity index (χ0n) is 17.2. The van der Waals surface area contributed by atoms with E-state index in [1.54, 1.807) is 34.5 Å². The van der Waals surface area contributed by atoms with Crippen LogP contribution in [0.3, 0.4) is 0 Å². The SMILES string of the molecule is O=C(Nc1ccc(S(=O)(=O)Nc2nccs2)cc1)c1ccccc1C(=O)N1CCCCC1. The number of rotatable bonds is 6. The van der Waals surface area contributed by atoms with Crippen molar-refractivity contribution in [3.63, 3.8) is 0 Å². The van der Waals surface area contributed by atoms with E-state index in [2.05, 4.69) is 15.0 Å². The maximum absolute atomic E-state index is 12.9. The number of carbonyl (C=O) groups excluding carboxylic acids is 2. The molecule has 0 spiro atoms. The lowest BCUT2D eigenvalue weighted by molar-refractivity contribution is 0.0720. The summed E-state index contributed by atoms with van der Waals surface area (Å²) in [5.74, 6) is -0.576. The molecule has 8 nitrogen and oxygen atoms in total. The Morgan fingerprint density at radius 3 is 2.28 bits per heavy atom. The molecule has 1 aliphatic heterocycles. The van der Waals surface area contributed by atoms with Crippen LogP contribution in [0.25, 0.3) is 0 Å². The van der Waals surface area contributed by atoms with Crippen molar-refractivity contribution in [3.05, 3.63) is 71.2 Å². The van der Waals surface area contributed by atoms with Gasteiger partial charge in [-0.1, -0.05) is 12.1 Å². The molecule has 0 atom stereocenters. The fraction of sp³-hybridized carbons (Fsp3) is 0.227. The maximum Gasteiger partial charge on any atom is 0.263 e. The Hall–Kier alpha value is -3.24. The molecule has 1 fully saturated rings. The average Bonchev–Trinajstić information content (AvgIpc) is 3.32. The van der Waals surface area contributed by atoms with Crippen LogP contribution >= 0.6 is 11.3 Å². The van der Waals surface area contributed by atoms with Crippen LogP contribution < -0.4 is 10.0 Å². The number of thiazole rings is 1. The van der Waals surface area contributed by atoms with Crippen LogP contribution in [0.2, 0.25) is 0 Å². The topological polar surface area (TPSA) is 108 Å². The van der Waals surface area contributed by atoms with Gasteiger partial charge in [-0.05, 0) is 55.7 Å². The second-order valence-electron chi connectivity index (χ2n) is 7.32. The third kappa shape index (κ3) is 4.97. The molecule has 1 saturated heterocycles. The molecular formula is C22H22N4O4S2. The van der Waals surface area contributed by atoms with E-state index in [0.29, 0.717) is 24.3 Å². The zero-order chi connectivity index (χ0) is 22.6. The first kappa shape index (κ1) is 22.0. The average molecular weight is 471 g/mol. The summed E-state index contributed by atoms with van der Waals surface area (Å²) in [6.07, 6.45) is 4.55. The molecule has 0 bridgehead atoms. The molecular weight excluding hydrogens is 448 g/mol. The van der Waals surface area contributed by atoms with Crippen molar-refractivity contribution in [1.29, 1.82) is 0 Å². The predicted octanol–water partition coefficient (Wildman–Crippen LogP) is 3.82. The van der Waals surface area contributed by atoms with Gasteiger partial charge in [0.2, 0.25) is 0 Å². The van der Waals surface area contributed by atoms with Crippen LogP contribution in [0.15, 0.2) is 65.0 Å². The number of nitrogens with zero attached hydrogens (tertiary/aromatic N) is 2. The smallest absolute Gasteiger partial charge is 0.263 e. The van der Waals surface area contributed by atoms with Crippen molar-refractivity contribution in [2.75, 3.05) is 23.1 Å². The van der Waals surface area contributed by atoms with Gasteiger partial charge in [0, 0.05) is 30.4 Å². The highest BCUT2D eigenvalue weighted by atomic mass is 32.2. The zero-order valence-corrected chi connectivity index (χ0v) is 18.8. The summed E-state index contributed by atoms with van der Waals surface area (Å²) in [6, 6.07) is 12.5. The number of carbonyl (C=O) groups is 2. The third-order valence-corrected chi connectivity index (χ3v) is 7.29. The molecule has 32 heavy (non-hydrogen) atoms. The summed E-state index contributed by atoms with van der Waals surface area (Å²) >= 11 is 1.18. The van der Waals surface area contributed by atoms with Gasteiger partial charge in [-0.2, -0.15) is 0 Å². The number of benzene rings is 2. The van der Waals surface area contributed by atoms with Gasteiger partial charge in [-0.25, -0.2) is 13.4 Å². The summed E-state index contributed by atoms with van der Waals surface area (Å²) < 4.78 is 27.3. The van der Waals surface area contributed by atoms with Gasteiger partial charge in [0.1, 0.15) is 0 Å². The Morgan fingerprint density at radius 1 is 0.938 bits per heavy atom. The molecule has 0 aliphatic carbocycles. The molecule has 0 saturated carbocycles. The summed E-state index contributed by atoms with van der Waals surface area (Å²) in [4.78, 5) is 31.6. The number of sulfonamides is 1. The van der Waals surface area contributed by atoms with Gasteiger partial charge in [0.25, 0.3) is 21.8 Å². The van der Waals surface area contributed by atoms with Gasteiger partial charge in [-0.3, -0.25) is 14.3 Å². The Bertz CT molecular complexity index is 1200. The van der Waals surface area contributed by atoms with Crippen LogP contribution in [0.4, 0.5) is 10.8 Å². The maximum atomic E-state index is 12.9. The van der Waals surface area contributed by atoms with Crippen molar-refractivity contribution in [2.45, 2.75) is 24.2 Å². The normalized spacial score (nSPS) is 14.1. The van der Waals surface area contributed by atoms with Gasteiger partial charge in [0.05, 0.1) is 16.0 Å². The number of nitrogens with one attached hydrogen (secondary N) is 2. The predicted molar refractivity (Wildman–Crippen MR) is 124 cm³/mol. The van der Waals surface area contributed by atoms with Crippen molar-refractivity contribution < 1.29 is 18.0 Å². The molecule has 1 aromatic heterocycles. The summed E-state index contributed by atoms with van der Waals surface area (Å²) in [7, 11) is -3.78. The van der Waals surface area contributed by atoms with Crippen LogP contribution in [-0.4, -0.2) is 43.2 Å². The minimum absolute atomic E-state index is 0.0476. The molecule has 2 aromatic carbocycles. The number of amides is 2. The van der Waals surface area contributed by atoms with Crippen LogP contribution in [0, 0.1) is 0 Å². The van der Waals surface area contributed by atoms with Crippen LogP contribution in [-0.2, 0) is 10.0 Å². The number of hydrogen-bond donors (Lipinski definition) is 2. The van der Waals surface area contributed by atoms with Gasteiger partial charge in [0.15, 0.2) is 5.13 Å². The molecule has 2 heterocycles. The Morgan fingerprint density at radius 2 is 1.62 bits per heavy atom. The number of aromatic nitrogens is 1. The minimum Gasteiger partial charge on any atom is -0.339 e. The highest BCUT2D eigenvalue weighted by Crippen LogP contribution is 2.21. The second-order valence-corrected chi connectivity index (χ2v) is 9.90. The summed E-state index contributed by atoms with van der Waals surface area (Å²) in [6.45, 7) is 1.39. The Kier molecular flexibility index (Phi) is 6.52. The van der Waals surface area contributed by atoms with Crippen molar-refractivity contribution in [1.82, 2.24) is 9.88 Å². The van der Waals surface area contributed by atoms with E-state index in [1.807, 2.05) is 0 Å². The monoisotopic (exact) mass is 470 g/mol. The van der Waals surface area contributed by atoms with Crippen molar-refractivity contribution in [2.24, 2.45) is 0 Å². The molecule has 166 valence electrons. The lowest BCUT2D eigenvalue weighted by Gasteiger charge is -2.27. The van der Waals surface area contributed by atoms with E-state index in [0.717, 1.165) is 19.3 Å². The van der Waals surface area contributed by atoms with E-state index in [-0.39, 0.29) is 21.5 Å². The van der Waals surface area contributed by atoms with Gasteiger partial charge >= 0.3 is 0 Å². The number of piperidine rings is 1. The van der Waals surface area contributed by atoms with Gasteiger partial charge < -0.3 is 10.2 Å². The van der Waals surface area contributed by atoms with Crippen LogP contribution in [0.1, 0.15) is 40.0 Å². The summed E-state index contributed by atoms with van der Waals surface area (Å²) in [5, 5.41) is 4.69. The molecule has 4 rings (SSSR count). The fourth-order valence-corrected chi connectivity index (χ4v) is 5.29. The first-order valence-electron chi connectivity index (χ1n) is 10.2. The van der Waals surface area contributed by atoms with Crippen LogP contribution in [0.5, 0.6) is 0 Å². The number of hydrogen-bond acceptors (Lipinski definition) is 6. The highest BCUT2D eigenvalue weighted by molar-refractivity contribution is 7.93. The first-order chi connectivity index (χ1) is 15.4. The second kappa shape index (κ2) is 9.49. The van der Waals surface area contributed by atoms with Gasteiger partial charge in [-0.15, -0.1) is 11.3 Å². The molecule has 1 aliphatic rings. The fourth-order valence-electron chi connectivity index (χ4n) is 3.50. The van der Waals surface area contributed by atoms with Crippen molar-refractivity contribution in [3.8, 4) is 0 Å². The quantitative estimate of drug-likeness (QED) is 0.569. The molecule has 2 amide bonds. The Balaban J connectivity index is 1.48. The van der Waals surface area contributed by atoms with E-state index in [4.69, 9.17) is 0 Å². The molecule has 10 heteroatoms. The first-order valence-corrected chi connectivity index (χ1v) is 12.5. The summed E-state index contributed by atoms with van der Waals surface area (Å²) in [5.41, 5.74) is 1.06. The Labute approximate surface area is 190 Å². The molecule has 0 unspecified atom stereocenters. The van der Waals surface area contributed by atoms with Crippen molar-refractivity contribution >= 4 is 44.0 Å².